The first-order chi connectivity index (χ1) is 12.4. The third-order valence-electron chi connectivity index (χ3n) is 4.23. The van der Waals surface area contributed by atoms with E-state index >= 15 is 0 Å². The van der Waals surface area contributed by atoms with Crippen molar-refractivity contribution in [3.05, 3.63) is 71.8 Å². The van der Waals surface area contributed by atoms with E-state index in [2.05, 4.69) is 5.32 Å². The first kappa shape index (κ1) is 20.3. The van der Waals surface area contributed by atoms with Gasteiger partial charge in [-0.3, -0.25) is 14.7 Å². The topological polar surface area (TPSA) is 113 Å². The van der Waals surface area contributed by atoms with E-state index in [1.165, 1.54) is 0 Å². The summed E-state index contributed by atoms with van der Waals surface area (Å²) in [5.41, 5.74) is 7.80. The molecule has 0 saturated carbocycles. The highest BCUT2D eigenvalue weighted by Crippen LogP contribution is 2.44. The van der Waals surface area contributed by atoms with Crippen LogP contribution in [0, 0.1) is 0 Å². The fourth-order valence-electron chi connectivity index (χ4n) is 2.62. The molecule has 6 nitrogen and oxygen atoms in total. The molecule has 2 unspecified atom stereocenters. The smallest absolute Gasteiger partial charge is 0.321 e. The van der Waals surface area contributed by atoms with E-state index in [-0.39, 0.29) is 12.7 Å². The van der Waals surface area contributed by atoms with Crippen molar-refractivity contribution >= 4 is 13.3 Å². The molecule has 7 heteroatoms. The lowest BCUT2D eigenvalue weighted by atomic mass is 10.1. The first-order valence-electron chi connectivity index (χ1n) is 8.49. The molecule has 0 aliphatic carbocycles. The molecule has 140 valence electrons. The second kappa shape index (κ2) is 9.64. The lowest BCUT2D eigenvalue weighted by Crippen LogP contribution is -2.40. The van der Waals surface area contributed by atoms with Gasteiger partial charge in [-0.1, -0.05) is 60.7 Å². The molecule has 0 aliphatic heterocycles. The number of nitrogens with two attached hydrogens (primary N) is 1. The summed E-state index contributed by atoms with van der Waals surface area (Å²) in [5, 5.41) is 12.1. The summed E-state index contributed by atoms with van der Waals surface area (Å²) in [6, 6.07) is 17.8. The molecule has 26 heavy (non-hydrogen) atoms. The molecule has 0 amide bonds. The van der Waals surface area contributed by atoms with Crippen LogP contribution in [0.5, 0.6) is 0 Å². The van der Waals surface area contributed by atoms with Gasteiger partial charge < -0.3 is 15.7 Å². The van der Waals surface area contributed by atoms with Gasteiger partial charge in [0.15, 0.2) is 0 Å². The Bertz CT molecular complexity index is 740. The predicted molar refractivity (Wildman–Crippen MR) is 102 cm³/mol. The molecule has 0 aromatic heterocycles. The number of hydrogen-bond acceptors (Lipinski definition) is 4. The van der Waals surface area contributed by atoms with Gasteiger partial charge in [0.1, 0.15) is 6.04 Å². The van der Waals surface area contributed by atoms with Crippen LogP contribution in [-0.2, 0) is 22.2 Å². The number of rotatable bonds is 10. The summed E-state index contributed by atoms with van der Waals surface area (Å²) >= 11 is 0. The fraction of sp³-hybridized carbons (Fsp3) is 0.316. The number of nitrogens with one attached hydrogen (secondary N) is 1. The number of carboxylic acid groups (broad SMARTS) is 1. The Morgan fingerprint density at radius 3 is 2.12 bits per heavy atom. The molecule has 0 heterocycles. The van der Waals surface area contributed by atoms with E-state index in [1.54, 1.807) is 0 Å². The summed E-state index contributed by atoms with van der Waals surface area (Å²) in [5.74, 6) is -1.96. The number of hydrogen-bond donors (Lipinski definition) is 4. The van der Waals surface area contributed by atoms with Crippen molar-refractivity contribution in [3.63, 3.8) is 0 Å². The monoisotopic (exact) mass is 376 g/mol. The Morgan fingerprint density at radius 1 is 1.04 bits per heavy atom. The number of aryl methyl sites for hydroxylation is 1. The van der Waals surface area contributed by atoms with Gasteiger partial charge in [-0.05, 0) is 30.4 Å². The molecule has 0 radical (unpaired) electrons. The van der Waals surface area contributed by atoms with Crippen LogP contribution < -0.4 is 11.1 Å². The second-order valence-corrected chi connectivity index (χ2v) is 8.78. The van der Waals surface area contributed by atoms with Gasteiger partial charge in [0.25, 0.3) is 0 Å². The maximum absolute atomic E-state index is 12.5. The van der Waals surface area contributed by atoms with Gasteiger partial charge in [-0.25, -0.2) is 0 Å². The molecular formula is C19H25N2O4P. The Balaban J connectivity index is 1.89. The zero-order valence-electron chi connectivity index (χ0n) is 14.5. The van der Waals surface area contributed by atoms with Crippen molar-refractivity contribution in [2.75, 3.05) is 6.29 Å². The summed E-state index contributed by atoms with van der Waals surface area (Å²) in [6.07, 6.45) is 0.858. The van der Waals surface area contributed by atoms with Crippen LogP contribution in [0.4, 0.5) is 0 Å². The minimum atomic E-state index is -3.72. The summed E-state index contributed by atoms with van der Waals surface area (Å²) < 4.78 is 12.5. The van der Waals surface area contributed by atoms with Gasteiger partial charge in [-0.15, -0.1) is 0 Å². The molecule has 0 saturated heterocycles. The van der Waals surface area contributed by atoms with Gasteiger partial charge in [0.2, 0.25) is 7.37 Å². The normalized spacial score (nSPS) is 15.8. The third-order valence-corrected chi connectivity index (χ3v) is 6.17. The molecule has 5 N–H and O–H groups in total. The molecule has 0 spiro atoms. The highest BCUT2D eigenvalue weighted by atomic mass is 31.2. The van der Waals surface area contributed by atoms with Gasteiger partial charge in [0, 0.05) is 0 Å². The average molecular weight is 376 g/mol. The van der Waals surface area contributed by atoms with Crippen molar-refractivity contribution in [1.82, 2.24) is 5.32 Å². The third kappa shape index (κ3) is 6.39. The van der Waals surface area contributed by atoms with Crippen molar-refractivity contribution in [1.29, 1.82) is 0 Å². The maximum atomic E-state index is 12.5. The van der Waals surface area contributed by atoms with Crippen molar-refractivity contribution < 1.29 is 19.4 Å². The van der Waals surface area contributed by atoms with Crippen LogP contribution in [0.3, 0.4) is 0 Å². The average Bonchev–Trinajstić information content (AvgIpc) is 2.64. The molecule has 0 fully saturated rings. The van der Waals surface area contributed by atoms with E-state index in [9.17, 15) is 19.4 Å². The predicted octanol–water partition coefficient (Wildman–Crippen LogP) is 2.42. The van der Waals surface area contributed by atoms with E-state index in [0.29, 0.717) is 12.8 Å². The summed E-state index contributed by atoms with van der Waals surface area (Å²) in [6.45, 7) is 0. The van der Waals surface area contributed by atoms with Crippen LogP contribution in [0.2, 0.25) is 0 Å². The van der Waals surface area contributed by atoms with Crippen LogP contribution in [-0.4, -0.2) is 34.1 Å². The van der Waals surface area contributed by atoms with Crippen LogP contribution >= 0.6 is 7.37 Å². The summed E-state index contributed by atoms with van der Waals surface area (Å²) in [7, 11) is -3.72. The second-order valence-electron chi connectivity index (χ2n) is 6.29. The molecule has 2 rings (SSSR count). The molecule has 0 aliphatic rings. The van der Waals surface area contributed by atoms with Crippen molar-refractivity contribution in [2.45, 2.75) is 31.1 Å². The SMILES string of the molecule is NC(CCc1ccccc1)P(=O)(O)CN[C@@H](Cc1ccccc1)C(=O)O. The highest BCUT2D eigenvalue weighted by Gasteiger charge is 2.29. The molecule has 0 bridgehead atoms. The number of benzene rings is 2. The largest absolute Gasteiger partial charge is 0.480 e. The number of carboxylic acids is 1. The molecule has 2 aromatic carbocycles. The summed E-state index contributed by atoms with van der Waals surface area (Å²) in [4.78, 5) is 21.7. The minimum absolute atomic E-state index is 0.232. The van der Waals surface area contributed by atoms with Crippen LogP contribution in [0.15, 0.2) is 60.7 Å². The highest BCUT2D eigenvalue weighted by molar-refractivity contribution is 7.58. The van der Waals surface area contributed by atoms with E-state index in [1.807, 2.05) is 60.7 Å². The standard InChI is InChI=1S/C19H25N2O4P/c20-18(12-11-15-7-3-1-4-8-15)26(24,25)14-21-17(19(22)23)13-16-9-5-2-6-10-16/h1-10,17-18,21H,11-14,20H2,(H,22,23)(H,24,25)/t17-,18?/m0/s1. The Hall–Kier alpha value is -1.98. The van der Waals surface area contributed by atoms with E-state index in [4.69, 9.17) is 5.73 Å². The number of carbonyl (C=O) groups is 1. The molecular weight excluding hydrogens is 351 g/mol. The molecule has 2 aromatic rings. The minimum Gasteiger partial charge on any atom is -0.480 e. The zero-order valence-corrected chi connectivity index (χ0v) is 15.4. The zero-order chi connectivity index (χ0) is 19.0. The van der Waals surface area contributed by atoms with Gasteiger partial charge >= 0.3 is 5.97 Å². The maximum Gasteiger partial charge on any atom is 0.321 e. The van der Waals surface area contributed by atoms with Crippen LogP contribution in [0.1, 0.15) is 17.5 Å². The Labute approximate surface area is 153 Å². The fourth-order valence-corrected chi connectivity index (χ4v) is 3.86. The Morgan fingerprint density at radius 2 is 1.58 bits per heavy atom. The Kier molecular flexibility index (Phi) is 7.54. The molecule has 3 atom stereocenters. The van der Waals surface area contributed by atoms with Crippen molar-refractivity contribution in [3.8, 4) is 0 Å². The van der Waals surface area contributed by atoms with Gasteiger partial charge in [-0.2, -0.15) is 0 Å². The lowest BCUT2D eigenvalue weighted by Gasteiger charge is -2.22. The quantitative estimate of drug-likeness (QED) is 0.474. The van der Waals surface area contributed by atoms with Crippen LogP contribution in [0.25, 0.3) is 0 Å². The van der Waals surface area contributed by atoms with Crippen molar-refractivity contribution in [2.24, 2.45) is 5.73 Å². The van der Waals surface area contributed by atoms with Gasteiger partial charge in [0.05, 0.1) is 12.1 Å². The van der Waals surface area contributed by atoms with E-state index in [0.717, 1.165) is 11.1 Å². The number of aliphatic carboxylic acids is 1. The first-order valence-corrected chi connectivity index (χ1v) is 10.4. The van der Waals surface area contributed by atoms with E-state index < -0.39 is 25.2 Å². The lowest BCUT2D eigenvalue weighted by molar-refractivity contribution is -0.139.